The van der Waals surface area contributed by atoms with Gasteiger partial charge >= 0.3 is 11.9 Å². The molecule has 0 spiro atoms. The monoisotopic (exact) mass is 284 g/mol. The number of aliphatic hydroxyl groups excluding tert-OH is 1. The minimum atomic E-state index is -1.26. The van der Waals surface area contributed by atoms with Crippen LogP contribution in [0.3, 0.4) is 0 Å². The van der Waals surface area contributed by atoms with Crippen LogP contribution in [0.15, 0.2) is 11.6 Å². The Morgan fingerprint density at radius 2 is 1.90 bits per heavy atom. The van der Waals surface area contributed by atoms with Crippen LogP contribution in [0, 0.1) is 16.7 Å². The number of hydrogen-bond donors (Lipinski definition) is 3. The quantitative estimate of drug-likeness (QED) is 0.650. The zero-order valence-electron chi connectivity index (χ0n) is 12.3. The van der Waals surface area contributed by atoms with Crippen LogP contribution < -0.4 is 0 Å². The summed E-state index contributed by atoms with van der Waals surface area (Å²) in [6, 6.07) is 0. The van der Waals surface area contributed by atoms with Gasteiger partial charge in [-0.1, -0.05) is 25.5 Å². The number of aliphatic hydroxyl groups is 1. The fourth-order valence-electron chi connectivity index (χ4n) is 3.35. The average Bonchev–Trinajstić information content (AvgIpc) is 2.32. The van der Waals surface area contributed by atoms with Crippen molar-refractivity contribution in [3.8, 4) is 0 Å². The van der Waals surface area contributed by atoms with E-state index in [0.717, 1.165) is 0 Å². The number of allylic oxidation sites excluding steroid dienone is 1. The van der Waals surface area contributed by atoms with Gasteiger partial charge < -0.3 is 15.3 Å². The summed E-state index contributed by atoms with van der Waals surface area (Å²) < 4.78 is 0. The van der Waals surface area contributed by atoms with Crippen molar-refractivity contribution >= 4 is 11.9 Å². The molecule has 0 aromatic carbocycles. The van der Waals surface area contributed by atoms with Crippen LogP contribution in [0.1, 0.15) is 46.5 Å². The van der Waals surface area contributed by atoms with Gasteiger partial charge in [-0.25, -0.2) is 0 Å². The van der Waals surface area contributed by atoms with Crippen LogP contribution in [0.2, 0.25) is 0 Å². The number of rotatable bonds is 6. The van der Waals surface area contributed by atoms with Crippen LogP contribution in [0.5, 0.6) is 0 Å². The first kappa shape index (κ1) is 16.7. The second-order valence-corrected chi connectivity index (χ2v) is 6.31. The summed E-state index contributed by atoms with van der Waals surface area (Å²) in [4.78, 5) is 23.5. The molecule has 0 fully saturated rings. The molecule has 1 aliphatic rings. The van der Waals surface area contributed by atoms with Crippen LogP contribution >= 0.6 is 0 Å². The highest BCUT2D eigenvalue weighted by Crippen LogP contribution is 2.51. The van der Waals surface area contributed by atoms with E-state index in [9.17, 15) is 24.9 Å². The molecule has 0 saturated heterocycles. The molecule has 1 aliphatic carbocycles. The lowest BCUT2D eigenvalue weighted by Crippen LogP contribution is -2.46. The molecule has 3 N–H and O–H groups in total. The Morgan fingerprint density at radius 3 is 2.30 bits per heavy atom. The van der Waals surface area contributed by atoms with Crippen molar-refractivity contribution in [1.82, 2.24) is 0 Å². The van der Waals surface area contributed by atoms with Gasteiger partial charge in [0.25, 0.3) is 0 Å². The Morgan fingerprint density at radius 1 is 1.30 bits per heavy atom. The van der Waals surface area contributed by atoms with Gasteiger partial charge in [0.1, 0.15) is 0 Å². The zero-order valence-corrected chi connectivity index (χ0v) is 12.3. The Bertz CT molecular complexity index is 426. The summed E-state index contributed by atoms with van der Waals surface area (Å²) in [5, 5.41) is 28.4. The number of carboxylic acids is 2. The number of carbonyl (C=O) groups is 2. The molecule has 5 heteroatoms. The summed E-state index contributed by atoms with van der Waals surface area (Å²) in [7, 11) is 0. The molecule has 0 amide bonds. The van der Waals surface area contributed by atoms with Crippen molar-refractivity contribution in [3.63, 3.8) is 0 Å². The lowest BCUT2D eigenvalue weighted by atomic mass is 9.59. The molecule has 0 bridgehead atoms. The lowest BCUT2D eigenvalue weighted by Gasteiger charge is -2.43. The molecule has 0 saturated carbocycles. The topological polar surface area (TPSA) is 94.8 Å². The molecule has 0 aromatic rings. The highest BCUT2D eigenvalue weighted by molar-refractivity contribution is 5.82. The van der Waals surface area contributed by atoms with E-state index >= 15 is 0 Å². The number of aliphatic carboxylic acids is 2. The van der Waals surface area contributed by atoms with Crippen LogP contribution in [0.4, 0.5) is 0 Å². The summed E-state index contributed by atoms with van der Waals surface area (Å²) in [5.74, 6) is -1.83. The molecule has 2 atom stereocenters. The van der Waals surface area contributed by atoms with Gasteiger partial charge in [0.2, 0.25) is 0 Å². The summed E-state index contributed by atoms with van der Waals surface area (Å²) >= 11 is 0. The largest absolute Gasteiger partial charge is 0.481 e. The third kappa shape index (κ3) is 2.87. The maximum Gasteiger partial charge on any atom is 0.313 e. The van der Waals surface area contributed by atoms with Crippen molar-refractivity contribution in [2.24, 2.45) is 16.7 Å². The van der Waals surface area contributed by atoms with E-state index in [4.69, 9.17) is 0 Å². The van der Waals surface area contributed by atoms with E-state index in [0.29, 0.717) is 18.4 Å². The highest BCUT2D eigenvalue weighted by atomic mass is 16.4. The maximum atomic E-state index is 11.7. The zero-order chi connectivity index (χ0) is 15.6. The van der Waals surface area contributed by atoms with Gasteiger partial charge in [0.15, 0.2) is 0 Å². The smallest absolute Gasteiger partial charge is 0.313 e. The third-order valence-electron chi connectivity index (χ3n) is 4.39. The van der Waals surface area contributed by atoms with Crippen molar-refractivity contribution in [2.75, 3.05) is 6.61 Å². The predicted octanol–water partition coefficient (Wildman–Crippen LogP) is 2.30. The maximum absolute atomic E-state index is 11.7. The van der Waals surface area contributed by atoms with Gasteiger partial charge in [-0.3, -0.25) is 9.59 Å². The predicted molar refractivity (Wildman–Crippen MR) is 74.3 cm³/mol. The minimum absolute atomic E-state index is 0.0474. The molecular weight excluding hydrogens is 260 g/mol. The molecule has 0 heterocycles. The summed E-state index contributed by atoms with van der Waals surface area (Å²) in [6.07, 6.45) is 2.62. The molecule has 2 unspecified atom stereocenters. The molecule has 1 rings (SSSR count). The molecule has 20 heavy (non-hydrogen) atoms. The van der Waals surface area contributed by atoms with E-state index in [1.807, 2.05) is 13.8 Å². The molecule has 5 nitrogen and oxygen atoms in total. The lowest BCUT2D eigenvalue weighted by molar-refractivity contribution is -0.159. The van der Waals surface area contributed by atoms with E-state index in [2.05, 4.69) is 0 Å². The number of carboxylic acid groups (broad SMARTS) is 2. The van der Waals surface area contributed by atoms with Crippen LogP contribution in [0.25, 0.3) is 0 Å². The van der Waals surface area contributed by atoms with Gasteiger partial charge in [-0.2, -0.15) is 0 Å². The van der Waals surface area contributed by atoms with Gasteiger partial charge in [-0.05, 0) is 38.5 Å². The summed E-state index contributed by atoms with van der Waals surface area (Å²) in [5.41, 5.74) is -1.67. The fourth-order valence-corrected chi connectivity index (χ4v) is 3.35. The Kier molecular flexibility index (Phi) is 4.97. The molecular formula is C15H24O5. The minimum Gasteiger partial charge on any atom is -0.481 e. The SMILES string of the molecule is CC1=CCC(CC(C)C)(C(=O)O)CC1(CCO)C(=O)O. The van der Waals surface area contributed by atoms with Crippen molar-refractivity contribution in [3.05, 3.63) is 11.6 Å². The van der Waals surface area contributed by atoms with Crippen LogP contribution in [-0.2, 0) is 9.59 Å². The van der Waals surface area contributed by atoms with Crippen molar-refractivity contribution in [1.29, 1.82) is 0 Å². The molecule has 0 aromatic heterocycles. The number of hydrogen-bond acceptors (Lipinski definition) is 3. The molecule has 114 valence electrons. The normalized spacial score (nSPS) is 30.1. The standard InChI is InChI=1S/C15H24O5/c1-10(2)8-14(12(17)18)5-4-11(3)15(9-14,6-7-16)13(19)20/h4,10,16H,5-9H2,1-3H3,(H,17,18)(H,19,20). The fraction of sp³-hybridized carbons (Fsp3) is 0.733. The van der Waals surface area contributed by atoms with Gasteiger partial charge in [0, 0.05) is 6.61 Å². The Labute approximate surface area is 119 Å². The van der Waals surface area contributed by atoms with E-state index in [-0.39, 0.29) is 25.4 Å². The summed E-state index contributed by atoms with van der Waals surface area (Å²) in [6.45, 7) is 5.31. The van der Waals surface area contributed by atoms with Gasteiger partial charge in [-0.15, -0.1) is 0 Å². The van der Waals surface area contributed by atoms with E-state index in [1.165, 1.54) is 0 Å². The van der Waals surface area contributed by atoms with E-state index in [1.54, 1.807) is 13.0 Å². The van der Waals surface area contributed by atoms with Crippen molar-refractivity contribution < 1.29 is 24.9 Å². The first-order chi connectivity index (χ1) is 9.20. The average molecular weight is 284 g/mol. The van der Waals surface area contributed by atoms with Crippen molar-refractivity contribution in [2.45, 2.75) is 46.5 Å². The Balaban J connectivity index is 3.28. The van der Waals surface area contributed by atoms with Crippen LogP contribution in [-0.4, -0.2) is 33.9 Å². The first-order valence-corrected chi connectivity index (χ1v) is 6.95. The van der Waals surface area contributed by atoms with E-state index < -0.39 is 22.8 Å². The second-order valence-electron chi connectivity index (χ2n) is 6.31. The highest BCUT2D eigenvalue weighted by Gasteiger charge is 2.53. The van der Waals surface area contributed by atoms with Gasteiger partial charge in [0.05, 0.1) is 10.8 Å². The molecule has 0 radical (unpaired) electrons. The molecule has 0 aliphatic heterocycles. The second kappa shape index (κ2) is 5.95. The third-order valence-corrected chi connectivity index (χ3v) is 4.39. The first-order valence-electron chi connectivity index (χ1n) is 6.95. The Hall–Kier alpha value is -1.36.